The van der Waals surface area contributed by atoms with Crippen LogP contribution in [0.3, 0.4) is 0 Å². The number of halogens is 1. The molecule has 2 aromatic carbocycles. The third-order valence-corrected chi connectivity index (χ3v) is 6.29. The van der Waals surface area contributed by atoms with E-state index in [4.69, 9.17) is 14.2 Å². The molecule has 0 aliphatic rings. The maximum absolute atomic E-state index is 12.2. The van der Waals surface area contributed by atoms with Crippen molar-refractivity contribution in [3.8, 4) is 0 Å². The second kappa shape index (κ2) is 12.3. The first-order valence-corrected chi connectivity index (χ1v) is 11.3. The van der Waals surface area contributed by atoms with Gasteiger partial charge in [-0.05, 0) is 18.1 Å². The van der Waals surface area contributed by atoms with Gasteiger partial charge in [0.2, 0.25) is 0 Å². The summed E-state index contributed by atoms with van der Waals surface area (Å²) in [5.74, 6) is -0.901. The molecule has 0 aromatic heterocycles. The van der Waals surface area contributed by atoms with Gasteiger partial charge in [-0.2, -0.15) is 0 Å². The van der Waals surface area contributed by atoms with E-state index in [1.165, 1.54) is 7.11 Å². The quantitative estimate of drug-likeness (QED) is 0.342. The molecule has 0 heterocycles. The molecule has 0 saturated carbocycles. The maximum Gasteiger partial charge on any atom is 0.325 e. The average molecular weight is 493 g/mol. The topological polar surface area (TPSA) is 65.0 Å². The summed E-state index contributed by atoms with van der Waals surface area (Å²) in [6.07, 6.45) is -1.36. The molecular formula is C25H33BrO5. The van der Waals surface area contributed by atoms with Crippen LogP contribution < -0.4 is 0 Å². The Morgan fingerprint density at radius 3 is 2.03 bits per heavy atom. The van der Waals surface area contributed by atoms with Crippen molar-refractivity contribution >= 4 is 21.9 Å². The summed E-state index contributed by atoms with van der Waals surface area (Å²) >= 11 is 3.36. The molecule has 0 bridgehead atoms. The standard InChI is InChI=1S/C25H33BrO5/c1-18(15-30-16-20-11-7-5-8-12-20)22(31-17-21-13-9-6-10-14-21)19(2)23(27)25(3,26)24(28)29-4/h5-14,18-19,22-23,27H,15-17H2,1-4H3/t18-,19-,22-,23-,25?/m0/s1. The van der Waals surface area contributed by atoms with Crippen molar-refractivity contribution < 1.29 is 24.1 Å². The number of hydrogen-bond acceptors (Lipinski definition) is 5. The lowest BCUT2D eigenvalue weighted by Gasteiger charge is -2.37. The largest absolute Gasteiger partial charge is 0.468 e. The molecule has 0 spiro atoms. The number of aliphatic hydroxyl groups excluding tert-OH is 1. The molecule has 31 heavy (non-hydrogen) atoms. The number of carbonyl (C=O) groups is 1. The van der Waals surface area contributed by atoms with Crippen LogP contribution in [0.5, 0.6) is 0 Å². The molecule has 0 aliphatic carbocycles. The monoisotopic (exact) mass is 492 g/mol. The molecule has 0 fully saturated rings. The van der Waals surface area contributed by atoms with E-state index in [1.54, 1.807) is 6.92 Å². The summed E-state index contributed by atoms with van der Waals surface area (Å²) in [5.41, 5.74) is 2.14. The van der Waals surface area contributed by atoms with Gasteiger partial charge in [-0.3, -0.25) is 4.79 Å². The van der Waals surface area contributed by atoms with Gasteiger partial charge >= 0.3 is 5.97 Å². The maximum atomic E-state index is 12.2. The summed E-state index contributed by atoms with van der Waals surface area (Å²) in [7, 11) is 1.31. The second-order valence-corrected chi connectivity index (χ2v) is 9.76. The van der Waals surface area contributed by atoms with Gasteiger partial charge in [0.1, 0.15) is 4.32 Å². The van der Waals surface area contributed by atoms with Crippen LogP contribution in [-0.2, 0) is 32.2 Å². The lowest BCUT2D eigenvalue weighted by Crippen LogP contribution is -2.50. The SMILES string of the molecule is COC(=O)C(C)(Br)[C@@H](O)[C@@H](C)[C@@H](OCc1ccccc1)[C@@H](C)COCc1ccccc1. The molecule has 5 nitrogen and oxygen atoms in total. The summed E-state index contributed by atoms with van der Waals surface area (Å²) in [6, 6.07) is 19.9. The molecule has 1 unspecified atom stereocenters. The minimum Gasteiger partial charge on any atom is -0.468 e. The Balaban J connectivity index is 2.09. The fourth-order valence-corrected chi connectivity index (χ4v) is 4.21. The third kappa shape index (κ3) is 7.42. The van der Waals surface area contributed by atoms with Crippen LogP contribution in [0, 0.1) is 11.8 Å². The van der Waals surface area contributed by atoms with E-state index >= 15 is 0 Å². The summed E-state index contributed by atoms with van der Waals surface area (Å²) in [4.78, 5) is 12.2. The molecule has 0 radical (unpaired) electrons. The number of alkyl halides is 1. The minimum absolute atomic E-state index is 0.0157. The van der Waals surface area contributed by atoms with Gasteiger partial charge in [0.15, 0.2) is 0 Å². The van der Waals surface area contributed by atoms with Crippen molar-refractivity contribution in [2.45, 2.75) is 50.5 Å². The van der Waals surface area contributed by atoms with E-state index in [-0.39, 0.29) is 17.9 Å². The Hall–Kier alpha value is -1.73. The van der Waals surface area contributed by atoms with E-state index < -0.39 is 16.4 Å². The van der Waals surface area contributed by atoms with Crippen molar-refractivity contribution in [2.24, 2.45) is 11.8 Å². The van der Waals surface area contributed by atoms with Crippen molar-refractivity contribution in [1.29, 1.82) is 0 Å². The van der Waals surface area contributed by atoms with Crippen molar-refractivity contribution in [3.63, 3.8) is 0 Å². The lowest BCUT2D eigenvalue weighted by molar-refractivity contribution is -0.149. The highest BCUT2D eigenvalue weighted by Gasteiger charge is 2.45. The van der Waals surface area contributed by atoms with Crippen LogP contribution in [-0.4, -0.2) is 41.3 Å². The Labute approximate surface area is 193 Å². The average Bonchev–Trinajstić information content (AvgIpc) is 2.79. The Morgan fingerprint density at radius 1 is 1.00 bits per heavy atom. The fourth-order valence-electron chi connectivity index (χ4n) is 3.63. The predicted molar refractivity (Wildman–Crippen MR) is 125 cm³/mol. The molecule has 170 valence electrons. The number of ether oxygens (including phenoxy) is 3. The van der Waals surface area contributed by atoms with Gasteiger partial charge in [0.05, 0.1) is 39.1 Å². The lowest BCUT2D eigenvalue weighted by atomic mass is 9.84. The Morgan fingerprint density at radius 2 is 1.52 bits per heavy atom. The van der Waals surface area contributed by atoms with Crippen LogP contribution in [0.4, 0.5) is 0 Å². The Kier molecular flexibility index (Phi) is 10.2. The molecule has 1 N–H and O–H groups in total. The van der Waals surface area contributed by atoms with E-state index in [0.29, 0.717) is 19.8 Å². The van der Waals surface area contributed by atoms with E-state index in [0.717, 1.165) is 11.1 Å². The molecule has 5 atom stereocenters. The smallest absolute Gasteiger partial charge is 0.325 e. The summed E-state index contributed by atoms with van der Waals surface area (Å²) in [6.45, 7) is 6.91. The molecule has 6 heteroatoms. The zero-order chi connectivity index (χ0) is 22.9. The number of benzene rings is 2. The minimum atomic E-state index is -1.24. The van der Waals surface area contributed by atoms with Crippen LogP contribution in [0.2, 0.25) is 0 Å². The Bertz CT molecular complexity index is 781. The molecule has 2 rings (SSSR count). The highest BCUT2D eigenvalue weighted by atomic mass is 79.9. The zero-order valence-electron chi connectivity index (χ0n) is 18.7. The fraction of sp³-hybridized carbons (Fsp3) is 0.480. The summed E-state index contributed by atoms with van der Waals surface area (Å²) in [5, 5.41) is 11.0. The summed E-state index contributed by atoms with van der Waals surface area (Å²) < 4.78 is 15.8. The molecule has 0 amide bonds. The number of rotatable bonds is 12. The highest BCUT2D eigenvalue weighted by Crippen LogP contribution is 2.33. The number of methoxy groups -OCH3 is 1. The number of hydrogen-bond donors (Lipinski definition) is 1. The molecule has 0 saturated heterocycles. The molecule has 0 aliphatic heterocycles. The number of carbonyl (C=O) groups excluding carboxylic acids is 1. The van der Waals surface area contributed by atoms with Gasteiger partial charge in [-0.15, -0.1) is 0 Å². The van der Waals surface area contributed by atoms with Gasteiger partial charge in [-0.25, -0.2) is 0 Å². The second-order valence-electron chi connectivity index (χ2n) is 8.11. The predicted octanol–water partition coefficient (Wildman–Crippen LogP) is 4.75. The zero-order valence-corrected chi connectivity index (χ0v) is 20.2. The van der Waals surface area contributed by atoms with Crippen LogP contribution in [0.1, 0.15) is 31.9 Å². The highest BCUT2D eigenvalue weighted by molar-refractivity contribution is 9.10. The van der Waals surface area contributed by atoms with Gasteiger partial charge < -0.3 is 19.3 Å². The van der Waals surface area contributed by atoms with E-state index in [2.05, 4.69) is 15.9 Å². The van der Waals surface area contributed by atoms with Gasteiger partial charge in [-0.1, -0.05) is 90.4 Å². The van der Waals surface area contributed by atoms with Crippen molar-refractivity contribution in [2.75, 3.05) is 13.7 Å². The normalized spacial score (nSPS) is 17.2. The molecule has 2 aromatic rings. The first-order valence-electron chi connectivity index (χ1n) is 10.5. The first-order chi connectivity index (χ1) is 14.8. The van der Waals surface area contributed by atoms with E-state index in [1.807, 2.05) is 74.5 Å². The van der Waals surface area contributed by atoms with Crippen molar-refractivity contribution in [1.82, 2.24) is 0 Å². The van der Waals surface area contributed by atoms with E-state index in [9.17, 15) is 9.90 Å². The van der Waals surface area contributed by atoms with Crippen LogP contribution in [0.25, 0.3) is 0 Å². The van der Waals surface area contributed by atoms with Gasteiger partial charge in [0, 0.05) is 11.8 Å². The van der Waals surface area contributed by atoms with Crippen LogP contribution in [0.15, 0.2) is 60.7 Å². The van der Waals surface area contributed by atoms with Crippen molar-refractivity contribution in [3.05, 3.63) is 71.8 Å². The van der Waals surface area contributed by atoms with Gasteiger partial charge in [0.25, 0.3) is 0 Å². The third-order valence-electron chi connectivity index (χ3n) is 5.49. The molecular weight excluding hydrogens is 460 g/mol. The van der Waals surface area contributed by atoms with Crippen LogP contribution >= 0.6 is 15.9 Å². The number of esters is 1. The number of aliphatic hydroxyl groups is 1. The first kappa shape index (κ1) is 25.5.